The second-order valence-electron chi connectivity index (χ2n) is 4.89. The molecule has 0 atom stereocenters. The molecular weight excluding hydrogens is 377 g/mol. The first-order chi connectivity index (χ1) is 10.4. The molecule has 1 heterocycles. The minimum atomic E-state index is -2.49. The minimum Gasteiger partial charge on any atom is -0.427 e. The third kappa shape index (κ3) is 5.08. The van der Waals surface area contributed by atoms with Crippen LogP contribution in [0, 0.1) is 6.08 Å². The normalized spacial score (nSPS) is 14.1. The number of ether oxygens (including phenoxy) is 1. The first-order valence-electron chi connectivity index (χ1n) is 6.72. The summed E-state index contributed by atoms with van der Waals surface area (Å²) in [6.07, 6.45) is 2.25. The van der Waals surface area contributed by atoms with Crippen LogP contribution in [0.3, 0.4) is 0 Å². The van der Waals surface area contributed by atoms with Crippen LogP contribution in [0.1, 0.15) is 19.4 Å². The van der Waals surface area contributed by atoms with E-state index in [0.717, 1.165) is 5.57 Å². The van der Waals surface area contributed by atoms with Gasteiger partial charge in [-0.1, -0.05) is 24.8 Å². The fraction of sp³-hybridized carbons (Fsp3) is 0.235. The first kappa shape index (κ1) is 19.7. The van der Waals surface area contributed by atoms with Crippen LogP contribution in [0.2, 0.25) is 0 Å². The quantitative estimate of drug-likeness (QED) is 0.443. The van der Waals surface area contributed by atoms with Gasteiger partial charge in [0.05, 0.1) is 6.54 Å². The number of nitrogens with zero attached hydrogens (tertiary/aromatic N) is 1. The van der Waals surface area contributed by atoms with E-state index in [1.165, 1.54) is 11.8 Å². The molecule has 3 nitrogen and oxygen atoms in total. The fourth-order valence-corrected chi connectivity index (χ4v) is 2.11. The average molecular weight is 393 g/mol. The number of allylic oxidation sites excluding steroid dienone is 3. The monoisotopic (exact) mass is 393 g/mol. The predicted molar refractivity (Wildman–Crippen MR) is 80.0 cm³/mol. The van der Waals surface area contributed by atoms with Crippen molar-refractivity contribution in [2.45, 2.75) is 20.3 Å². The zero-order valence-electron chi connectivity index (χ0n) is 13.0. The summed E-state index contributed by atoms with van der Waals surface area (Å²) in [7, 11) is 0. The molecule has 1 radical (unpaired) electrons. The second-order valence-corrected chi connectivity index (χ2v) is 4.89. The molecule has 0 saturated heterocycles. The van der Waals surface area contributed by atoms with Crippen molar-refractivity contribution in [2.75, 3.05) is 6.54 Å². The number of carbonyl (C=O) groups excluding carboxylic acids is 1. The third-order valence-corrected chi connectivity index (χ3v) is 3.19. The van der Waals surface area contributed by atoms with Gasteiger partial charge in [-0.3, -0.25) is 4.79 Å². The Balaban J connectivity index is 0.00000264. The van der Waals surface area contributed by atoms with Crippen molar-refractivity contribution in [2.24, 2.45) is 0 Å². The molecule has 23 heavy (non-hydrogen) atoms. The standard InChI is InChI=1S/C17H16F2NO2.Y/c1-11-4-9-16(20(12(11)2)10-17(18)19)14-5-7-15(8-6-14)22-13(3)21;/h4-8,17H,2,10H2,1,3H3;/q-1;. The number of hydrogen-bond acceptors (Lipinski definition) is 3. The number of halogens is 2. The molecule has 0 aromatic heterocycles. The summed E-state index contributed by atoms with van der Waals surface area (Å²) in [5.41, 5.74) is 2.53. The molecule has 0 bridgehead atoms. The topological polar surface area (TPSA) is 29.5 Å². The van der Waals surface area contributed by atoms with Crippen molar-refractivity contribution in [3.8, 4) is 5.75 Å². The molecule has 0 N–H and O–H groups in total. The van der Waals surface area contributed by atoms with E-state index >= 15 is 0 Å². The van der Waals surface area contributed by atoms with Crippen LogP contribution in [-0.2, 0) is 37.5 Å². The summed E-state index contributed by atoms with van der Waals surface area (Å²) >= 11 is 0. The Morgan fingerprint density at radius 3 is 2.48 bits per heavy atom. The van der Waals surface area contributed by atoms with Crippen LogP contribution in [0.5, 0.6) is 5.75 Å². The summed E-state index contributed by atoms with van der Waals surface area (Å²) < 4.78 is 30.6. The second kappa shape index (κ2) is 8.50. The fourth-order valence-electron chi connectivity index (χ4n) is 2.11. The Morgan fingerprint density at radius 1 is 1.35 bits per heavy atom. The van der Waals surface area contributed by atoms with Gasteiger partial charge in [0, 0.05) is 39.6 Å². The maximum absolute atomic E-state index is 12.8. The number of benzene rings is 1. The molecule has 1 aromatic rings. The molecule has 0 spiro atoms. The van der Waals surface area contributed by atoms with Gasteiger partial charge < -0.3 is 9.64 Å². The van der Waals surface area contributed by atoms with E-state index in [1.54, 1.807) is 37.3 Å². The minimum absolute atomic E-state index is 0. The Kier molecular flexibility index (Phi) is 7.29. The van der Waals surface area contributed by atoms with E-state index in [-0.39, 0.29) is 32.7 Å². The Hall–Kier alpha value is -1.33. The number of hydrogen-bond donors (Lipinski definition) is 0. The van der Waals surface area contributed by atoms with E-state index in [0.29, 0.717) is 22.7 Å². The van der Waals surface area contributed by atoms with E-state index in [1.807, 2.05) is 0 Å². The zero-order chi connectivity index (χ0) is 16.3. The molecule has 2 rings (SSSR count). The van der Waals surface area contributed by atoms with Crippen molar-refractivity contribution >= 4 is 11.7 Å². The predicted octanol–water partition coefficient (Wildman–Crippen LogP) is 3.79. The van der Waals surface area contributed by atoms with Gasteiger partial charge >= 0.3 is 5.97 Å². The van der Waals surface area contributed by atoms with Crippen LogP contribution in [0.15, 0.2) is 48.2 Å². The smallest absolute Gasteiger partial charge is 0.308 e. The van der Waals surface area contributed by atoms with E-state index in [4.69, 9.17) is 4.74 Å². The van der Waals surface area contributed by atoms with E-state index < -0.39 is 18.9 Å². The Bertz CT molecular complexity index is 651. The average Bonchev–Trinajstić information content (AvgIpc) is 2.44. The van der Waals surface area contributed by atoms with Crippen molar-refractivity contribution in [3.63, 3.8) is 0 Å². The van der Waals surface area contributed by atoms with Crippen LogP contribution >= 0.6 is 0 Å². The van der Waals surface area contributed by atoms with Crippen molar-refractivity contribution in [1.82, 2.24) is 4.90 Å². The SMILES string of the molecule is C=C1C(C)=C[C-]=C(c2ccc(OC(C)=O)cc2)N1CC(F)F.[Y]. The molecule has 1 aliphatic heterocycles. The van der Waals surface area contributed by atoms with Crippen LogP contribution in [0.4, 0.5) is 8.78 Å². The zero-order valence-corrected chi connectivity index (χ0v) is 15.8. The molecule has 0 amide bonds. The summed E-state index contributed by atoms with van der Waals surface area (Å²) in [6, 6.07) is 6.61. The Morgan fingerprint density at radius 2 is 1.96 bits per heavy atom. The molecule has 0 fully saturated rings. The van der Waals surface area contributed by atoms with Crippen molar-refractivity contribution in [1.29, 1.82) is 0 Å². The molecule has 119 valence electrons. The maximum Gasteiger partial charge on any atom is 0.308 e. The van der Waals surface area contributed by atoms with Gasteiger partial charge in [-0.25, -0.2) is 8.78 Å². The summed E-state index contributed by atoms with van der Waals surface area (Å²) in [5, 5.41) is 0. The van der Waals surface area contributed by atoms with Gasteiger partial charge in [-0.05, 0) is 17.8 Å². The first-order valence-corrected chi connectivity index (χ1v) is 6.72. The van der Waals surface area contributed by atoms with Crippen molar-refractivity contribution < 1.29 is 51.0 Å². The Labute approximate surface area is 159 Å². The number of esters is 1. The molecule has 1 aliphatic rings. The van der Waals surface area contributed by atoms with Crippen LogP contribution in [0.25, 0.3) is 5.70 Å². The largest absolute Gasteiger partial charge is 0.427 e. The summed E-state index contributed by atoms with van der Waals surface area (Å²) in [4.78, 5) is 12.3. The van der Waals surface area contributed by atoms with Gasteiger partial charge in [0.25, 0.3) is 6.43 Å². The van der Waals surface area contributed by atoms with E-state index in [2.05, 4.69) is 12.7 Å². The summed E-state index contributed by atoms with van der Waals surface area (Å²) in [5.74, 6) is -0.0129. The third-order valence-electron chi connectivity index (χ3n) is 3.19. The van der Waals surface area contributed by atoms with Gasteiger partial charge in [0.2, 0.25) is 0 Å². The maximum atomic E-state index is 12.8. The number of carbonyl (C=O) groups is 1. The molecule has 0 aliphatic carbocycles. The van der Waals surface area contributed by atoms with Gasteiger partial charge in [-0.2, -0.15) is 12.2 Å². The summed E-state index contributed by atoms with van der Waals surface area (Å²) in [6.45, 7) is 6.52. The van der Waals surface area contributed by atoms with Crippen LogP contribution < -0.4 is 4.74 Å². The molecule has 6 heteroatoms. The molecular formula is C17H16F2NO2Y-. The van der Waals surface area contributed by atoms with E-state index in [9.17, 15) is 13.6 Å². The molecule has 0 unspecified atom stereocenters. The van der Waals surface area contributed by atoms with Gasteiger partial charge in [0.1, 0.15) is 5.75 Å². The van der Waals surface area contributed by atoms with Gasteiger partial charge in [0.15, 0.2) is 0 Å². The van der Waals surface area contributed by atoms with Gasteiger partial charge in [-0.15, -0.1) is 17.7 Å². The molecule has 1 aromatic carbocycles. The number of rotatable bonds is 4. The number of alkyl halides is 2. The van der Waals surface area contributed by atoms with Crippen molar-refractivity contribution in [3.05, 3.63) is 59.8 Å². The van der Waals surface area contributed by atoms with Crippen LogP contribution in [-0.4, -0.2) is 23.8 Å². The molecule has 0 saturated carbocycles.